The number of aromatic nitrogens is 1. The number of hydrogen-bond donors (Lipinski definition) is 2. The molecule has 1 saturated heterocycles. The summed E-state index contributed by atoms with van der Waals surface area (Å²) in [6.45, 7) is 3.92. The second kappa shape index (κ2) is 7.75. The third-order valence-corrected chi connectivity index (χ3v) is 5.99. The highest BCUT2D eigenvalue weighted by molar-refractivity contribution is 5.86. The lowest BCUT2D eigenvalue weighted by atomic mass is 9.95. The van der Waals surface area contributed by atoms with Crippen LogP contribution in [0.1, 0.15) is 55.8 Å². The highest BCUT2D eigenvalue weighted by Crippen LogP contribution is 2.29. The molecule has 2 aliphatic rings. The van der Waals surface area contributed by atoms with Crippen LogP contribution < -0.4 is 5.32 Å². The van der Waals surface area contributed by atoms with E-state index in [1.165, 1.54) is 35.0 Å². The third-order valence-electron chi connectivity index (χ3n) is 5.99. The van der Waals surface area contributed by atoms with Gasteiger partial charge in [-0.2, -0.15) is 0 Å². The zero-order valence-electron chi connectivity index (χ0n) is 16.1. The molecule has 1 aromatic carbocycles. The number of amides is 2. The lowest BCUT2D eigenvalue weighted by Gasteiger charge is -2.31. The van der Waals surface area contributed by atoms with E-state index in [0.717, 1.165) is 31.4 Å². The molecule has 5 heteroatoms. The lowest BCUT2D eigenvalue weighted by Crippen LogP contribution is -2.45. The molecule has 2 N–H and O–H groups in total. The average Bonchev–Trinajstić information content (AvgIpc) is 3.06. The molecule has 1 aliphatic heterocycles. The van der Waals surface area contributed by atoms with Gasteiger partial charge in [0.1, 0.15) is 0 Å². The van der Waals surface area contributed by atoms with Crippen molar-refractivity contribution in [3.63, 3.8) is 0 Å². The summed E-state index contributed by atoms with van der Waals surface area (Å²) >= 11 is 0. The number of H-pyrrole nitrogens is 1. The van der Waals surface area contributed by atoms with Crippen molar-refractivity contribution in [1.29, 1.82) is 0 Å². The molecule has 1 fully saturated rings. The van der Waals surface area contributed by atoms with Crippen molar-refractivity contribution in [1.82, 2.24) is 15.2 Å². The van der Waals surface area contributed by atoms with Crippen LogP contribution in [0, 0.1) is 5.92 Å². The van der Waals surface area contributed by atoms with E-state index in [1.54, 1.807) is 0 Å². The fraction of sp³-hybridized carbons (Fsp3) is 0.545. The molecule has 1 aromatic heterocycles. The van der Waals surface area contributed by atoms with Crippen molar-refractivity contribution in [2.45, 2.75) is 58.4 Å². The van der Waals surface area contributed by atoms with Crippen molar-refractivity contribution in [2.24, 2.45) is 5.92 Å². The Kier molecular flexibility index (Phi) is 5.19. The Hall–Kier alpha value is -2.30. The lowest BCUT2D eigenvalue weighted by molar-refractivity contribution is -0.138. The number of carbonyl (C=O) groups is 2. The molecule has 0 radical (unpaired) electrons. The third kappa shape index (κ3) is 3.73. The predicted octanol–water partition coefficient (Wildman–Crippen LogP) is 3.31. The van der Waals surface area contributed by atoms with Gasteiger partial charge in [0.2, 0.25) is 11.8 Å². The Morgan fingerprint density at radius 2 is 2.11 bits per heavy atom. The molecule has 5 nitrogen and oxygen atoms in total. The van der Waals surface area contributed by atoms with Crippen molar-refractivity contribution < 1.29 is 9.59 Å². The highest BCUT2D eigenvalue weighted by atomic mass is 16.2. The van der Waals surface area contributed by atoms with Crippen molar-refractivity contribution in [3.8, 4) is 0 Å². The molecule has 27 heavy (non-hydrogen) atoms. The van der Waals surface area contributed by atoms with E-state index in [9.17, 15) is 9.59 Å². The van der Waals surface area contributed by atoms with Crippen LogP contribution in [-0.4, -0.2) is 34.8 Å². The number of carbonyl (C=O) groups excluding carboxylic acids is 2. The summed E-state index contributed by atoms with van der Waals surface area (Å²) in [6.07, 6.45) is 6.90. The standard InChI is InChI=1S/C22H29N3O2/c1-2-11-25-14-16(8-10-21(25)26)22(27)23-13-15-7-9-20-18(12-15)17-5-3-4-6-19(17)24-20/h7,9,12,16,24H,2-6,8,10-11,13-14H2,1H3,(H,23,27)/t16-/m0/s1. The average molecular weight is 367 g/mol. The van der Waals surface area contributed by atoms with Crippen molar-refractivity contribution >= 4 is 22.7 Å². The molecule has 2 aromatic rings. The van der Waals surface area contributed by atoms with E-state index in [4.69, 9.17) is 0 Å². The molecule has 0 spiro atoms. The van der Waals surface area contributed by atoms with Gasteiger partial charge in [-0.1, -0.05) is 13.0 Å². The monoisotopic (exact) mass is 367 g/mol. The summed E-state index contributed by atoms with van der Waals surface area (Å²) < 4.78 is 0. The van der Waals surface area contributed by atoms with Crippen LogP contribution in [0.5, 0.6) is 0 Å². The highest BCUT2D eigenvalue weighted by Gasteiger charge is 2.29. The van der Waals surface area contributed by atoms with E-state index in [1.807, 2.05) is 4.90 Å². The minimum absolute atomic E-state index is 0.0693. The minimum atomic E-state index is -0.0852. The summed E-state index contributed by atoms with van der Waals surface area (Å²) in [5, 5.41) is 4.41. The van der Waals surface area contributed by atoms with Gasteiger partial charge < -0.3 is 15.2 Å². The molecule has 144 valence electrons. The largest absolute Gasteiger partial charge is 0.358 e. The van der Waals surface area contributed by atoms with Gasteiger partial charge in [-0.05, 0) is 61.8 Å². The first-order valence-corrected chi connectivity index (χ1v) is 10.3. The maximum Gasteiger partial charge on any atom is 0.225 e. The maximum atomic E-state index is 12.6. The molecule has 0 unspecified atom stereocenters. The Morgan fingerprint density at radius 3 is 2.96 bits per heavy atom. The summed E-state index contributed by atoms with van der Waals surface area (Å²) in [7, 11) is 0. The van der Waals surface area contributed by atoms with Crippen LogP contribution in [0.2, 0.25) is 0 Å². The second-order valence-corrected chi connectivity index (χ2v) is 7.96. The fourth-order valence-electron chi connectivity index (χ4n) is 4.51. The quantitative estimate of drug-likeness (QED) is 0.851. The zero-order valence-corrected chi connectivity index (χ0v) is 16.1. The van der Waals surface area contributed by atoms with Gasteiger partial charge in [0.25, 0.3) is 0 Å². The van der Waals surface area contributed by atoms with Gasteiger partial charge in [0.05, 0.1) is 5.92 Å². The molecule has 2 amide bonds. The molecule has 0 saturated carbocycles. The normalized spacial score (nSPS) is 20.0. The number of aromatic amines is 1. The fourth-order valence-corrected chi connectivity index (χ4v) is 4.51. The van der Waals surface area contributed by atoms with Crippen LogP contribution in [0.15, 0.2) is 18.2 Å². The summed E-state index contributed by atoms with van der Waals surface area (Å²) in [5.74, 6) is 0.168. The minimum Gasteiger partial charge on any atom is -0.358 e. The zero-order chi connectivity index (χ0) is 18.8. The Bertz CT molecular complexity index is 855. The number of fused-ring (bicyclic) bond motifs is 3. The smallest absolute Gasteiger partial charge is 0.225 e. The number of benzene rings is 1. The molecular weight excluding hydrogens is 338 g/mol. The number of hydrogen-bond acceptors (Lipinski definition) is 2. The molecule has 0 bridgehead atoms. The van der Waals surface area contributed by atoms with Crippen LogP contribution in [0.3, 0.4) is 0 Å². The van der Waals surface area contributed by atoms with E-state index < -0.39 is 0 Å². The van der Waals surface area contributed by atoms with Crippen molar-refractivity contribution in [2.75, 3.05) is 13.1 Å². The van der Waals surface area contributed by atoms with Crippen LogP contribution in [-0.2, 0) is 29.0 Å². The number of likely N-dealkylation sites (tertiary alicyclic amines) is 1. The number of nitrogens with one attached hydrogen (secondary N) is 2. The molecule has 1 atom stereocenters. The van der Waals surface area contributed by atoms with E-state index in [-0.39, 0.29) is 17.7 Å². The maximum absolute atomic E-state index is 12.6. The first-order chi connectivity index (χ1) is 13.2. The number of aryl methyl sites for hydroxylation is 2. The first-order valence-electron chi connectivity index (χ1n) is 10.3. The van der Waals surface area contributed by atoms with Gasteiger partial charge in [-0.15, -0.1) is 0 Å². The summed E-state index contributed by atoms with van der Waals surface area (Å²) in [5.41, 5.74) is 5.20. The van der Waals surface area contributed by atoms with Gasteiger partial charge in [-0.25, -0.2) is 0 Å². The van der Waals surface area contributed by atoms with E-state index in [0.29, 0.717) is 25.9 Å². The van der Waals surface area contributed by atoms with Gasteiger partial charge in [0, 0.05) is 42.7 Å². The van der Waals surface area contributed by atoms with Gasteiger partial charge in [0.15, 0.2) is 0 Å². The summed E-state index contributed by atoms with van der Waals surface area (Å²) in [6, 6.07) is 6.46. The topological polar surface area (TPSA) is 65.2 Å². The molecule has 1 aliphatic carbocycles. The van der Waals surface area contributed by atoms with Crippen LogP contribution in [0.25, 0.3) is 10.9 Å². The predicted molar refractivity (Wildman–Crippen MR) is 106 cm³/mol. The van der Waals surface area contributed by atoms with Gasteiger partial charge in [-0.3, -0.25) is 9.59 Å². The second-order valence-electron chi connectivity index (χ2n) is 7.96. The van der Waals surface area contributed by atoms with Gasteiger partial charge >= 0.3 is 0 Å². The summed E-state index contributed by atoms with van der Waals surface area (Å²) in [4.78, 5) is 30.0. The Labute approximate surface area is 160 Å². The number of piperidine rings is 1. The molecule has 4 rings (SSSR count). The van der Waals surface area contributed by atoms with Crippen LogP contribution >= 0.6 is 0 Å². The SMILES string of the molecule is CCCN1C[C@@H](C(=O)NCc2ccc3[nH]c4c(c3c2)CCCC4)CCC1=O. The van der Waals surface area contributed by atoms with Crippen molar-refractivity contribution in [3.05, 3.63) is 35.0 Å². The Balaban J connectivity index is 1.41. The Morgan fingerprint density at radius 1 is 1.26 bits per heavy atom. The van der Waals surface area contributed by atoms with Crippen LogP contribution in [0.4, 0.5) is 0 Å². The van der Waals surface area contributed by atoms with E-state index in [2.05, 4.69) is 35.4 Å². The molecule has 2 heterocycles. The number of nitrogens with zero attached hydrogens (tertiary/aromatic N) is 1. The van der Waals surface area contributed by atoms with E-state index >= 15 is 0 Å². The molecular formula is C22H29N3O2. The number of rotatable bonds is 5. The first kappa shape index (κ1) is 18.1.